The van der Waals surface area contributed by atoms with Gasteiger partial charge in [-0.3, -0.25) is 0 Å². The third-order valence-electron chi connectivity index (χ3n) is 6.27. The summed E-state index contributed by atoms with van der Waals surface area (Å²) in [4.78, 5) is 2.63. The first-order valence-corrected chi connectivity index (χ1v) is 10.6. The number of hydrogen-bond donors (Lipinski definition) is 0. The Balaban J connectivity index is 1.35. The second kappa shape index (κ2) is 9.49. The lowest BCUT2D eigenvalue weighted by Gasteiger charge is -2.27. The molecule has 3 nitrogen and oxygen atoms in total. The number of likely N-dealkylation sites (tertiary alicyclic amines) is 1. The topological polar surface area (TPSA) is 26.6 Å². The van der Waals surface area contributed by atoms with Crippen LogP contribution in [-0.4, -0.2) is 37.4 Å². The average Bonchev–Trinajstić information content (AvgIpc) is 3.08. The van der Waals surface area contributed by atoms with Crippen molar-refractivity contribution in [2.45, 2.75) is 52.4 Å². The van der Waals surface area contributed by atoms with Crippen molar-refractivity contribution < 1.29 is 17.9 Å². The fraction of sp³-hybridized carbons (Fsp3) is 0.727. The first kappa shape index (κ1) is 21.4. The van der Waals surface area contributed by atoms with E-state index in [2.05, 4.69) is 28.8 Å². The molecule has 1 saturated carbocycles. The fourth-order valence-corrected chi connectivity index (χ4v) is 4.62. The van der Waals surface area contributed by atoms with Gasteiger partial charge < -0.3 is 15.0 Å². The van der Waals surface area contributed by atoms with E-state index < -0.39 is 6.36 Å². The van der Waals surface area contributed by atoms with Crippen LogP contribution >= 0.6 is 0 Å². The van der Waals surface area contributed by atoms with Crippen LogP contribution in [0.15, 0.2) is 24.3 Å². The molecular weight excluding hydrogens is 365 g/mol. The van der Waals surface area contributed by atoms with Crippen molar-refractivity contribution in [1.82, 2.24) is 4.90 Å². The first-order chi connectivity index (χ1) is 13.4. The van der Waals surface area contributed by atoms with Crippen LogP contribution in [0.4, 0.5) is 13.2 Å². The maximum atomic E-state index is 12.3. The highest BCUT2D eigenvalue weighted by Gasteiger charge is 2.53. The number of alkyl halides is 3. The molecule has 3 rings (SSSR count). The average molecular weight is 398 g/mol. The summed E-state index contributed by atoms with van der Waals surface area (Å²) in [5.41, 5.74) is 0.760. The Hall–Kier alpha value is -1.27. The Bertz CT molecular complexity index is 610. The van der Waals surface area contributed by atoms with Crippen LogP contribution in [0.3, 0.4) is 0 Å². The molecule has 0 radical (unpaired) electrons. The first-order valence-electron chi connectivity index (χ1n) is 10.6. The second-order valence-corrected chi connectivity index (χ2v) is 8.39. The maximum Gasteiger partial charge on any atom is 0.573 e. The highest BCUT2D eigenvalue weighted by Crippen LogP contribution is 2.52. The molecule has 1 heterocycles. The van der Waals surface area contributed by atoms with Crippen LogP contribution in [0.25, 0.3) is 5.32 Å². The normalized spacial score (nSPS) is 25.5. The molecule has 0 spiro atoms. The van der Waals surface area contributed by atoms with E-state index in [1.807, 2.05) is 0 Å². The molecule has 0 N–H and O–H groups in total. The zero-order valence-electron chi connectivity index (χ0n) is 16.9. The van der Waals surface area contributed by atoms with E-state index >= 15 is 0 Å². The van der Waals surface area contributed by atoms with Crippen LogP contribution < -0.4 is 4.74 Å². The molecule has 3 atom stereocenters. The minimum Gasteiger partial charge on any atom is -0.658 e. The largest absolute Gasteiger partial charge is 0.658 e. The summed E-state index contributed by atoms with van der Waals surface area (Å²) in [7, 11) is 0. The molecule has 2 aliphatic rings. The van der Waals surface area contributed by atoms with Crippen molar-refractivity contribution in [2.24, 2.45) is 23.7 Å². The lowest BCUT2D eigenvalue weighted by Crippen LogP contribution is -2.30. The summed E-state index contributed by atoms with van der Waals surface area (Å²) >= 11 is 0. The van der Waals surface area contributed by atoms with Gasteiger partial charge in [0.1, 0.15) is 5.75 Å². The smallest absolute Gasteiger partial charge is 0.573 e. The van der Waals surface area contributed by atoms with Gasteiger partial charge in [-0.25, -0.2) is 0 Å². The Kier molecular flexibility index (Phi) is 7.26. The third kappa shape index (κ3) is 6.11. The molecule has 0 aromatic heterocycles. The lowest BCUT2D eigenvalue weighted by atomic mass is 9.98. The standard InChI is InChI=1S/C22H32F3N2O/c1-3-5-7-16(4-2)13-27-14-20-19(21(20)15-27)12-26-11-17-8-6-9-18(10-17)28-22(23,24)25/h6,8-10,16,19-21H,3-5,7,11-15H2,1-2H3/q-1. The van der Waals surface area contributed by atoms with Gasteiger partial charge in [-0.15, -0.1) is 26.3 Å². The maximum absolute atomic E-state index is 12.3. The van der Waals surface area contributed by atoms with E-state index in [1.165, 1.54) is 57.5 Å². The molecule has 2 fully saturated rings. The van der Waals surface area contributed by atoms with Crippen LogP contribution in [-0.2, 0) is 6.54 Å². The van der Waals surface area contributed by atoms with E-state index in [0.717, 1.165) is 29.9 Å². The van der Waals surface area contributed by atoms with Crippen LogP contribution in [0, 0.1) is 23.7 Å². The van der Waals surface area contributed by atoms with Gasteiger partial charge in [-0.05, 0) is 36.3 Å². The Morgan fingerprint density at radius 1 is 1.21 bits per heavy atom. The van der Waals surface area contributed by atoms with E-state index in [4.69, 9.17) is 0 Å². The summed E-state index contributed by atoms with van der Waals surface area (Å²) in [6.07, 6.45) is 0.559. The van der Waals surface area contributed by atoms with Gasteiger partial charge in [-0.1, -0.05) is 56.7 Å². The van der Waals surface area contributed by atoms with Crippen LogP contribution in [0.2, 0.25) is 0 Å². The molecule has 1 aromatic rings. The molecule has 1 aliphatic carbocycles. The molecular formula is C22H32F3N2O-. The highest BCUT2D eigenvalue weighted by atomic mass is 19.4. The summed E-state index contributed by atoms with van der Waals surface area (Å²) in [6.45, 7) is 9.45. The summed E-state index contributed by atoms with van der Waals surface area (Å²) in [6, 6.07) is 6.12. The minimum absolute atomic E-state index is 0.173. The molecule has 1 saturated heterocycles. The Morgan fingerprint density at radius 3 is 2.61 bits per heavy atom. The molecule has 0 bridgehead atoms. The number of fused-ring (bicyclic) bond motifs is 1. The number of benzene rings is 1. The molecule has 0 amide bonds. The van der Waals surface area contributed by atoms with Gasteiger partial charge in [-0.2, -0.15) is 0 Å². The van der Waals surface area contributed by atoms with Crippen molar-refractivity contribution in [3.05, 3.63) is 35.1 Å². The van der Waals surface area contributed by atoms with Gasteiger partial charge in [0.15, 0.2) is 0 Å². The van der Waals surface area contributed by atoms with Gasteiger partial charge in [0, 0.05) is 19.6 Å². The zero-order chi connectivity index (χ0) is 20.1. The number of nitrogens with zero attached hydrogens (tertiary/aromatic N) is 2. The molecule has 1 aliphatic heterocycles. The van der Waals surface area contributed by atoms with Gasteiger partial charge in [0.2, 0.25) is 0 Å². The summed E-state index contributed by atoms with van der Waals surface area (Å²) in [5.74, 6) is 2.86. The summed E-state index contributed by atoms with van der Waals surface area (Å²) < 4.78 is 40.9. The molecule has 28 heavy (non-hydrogen) atoms. The van der Waals surface area contributed by atoms with E-state index in [1.54, 1.807) is 12.1 Å². The van der Waals surface area contributed by atoms with Gasteiger partial charge in [0.25, 0.3) is 0 Å². The SMILES string of the molecule is CCCCC(CC)CN1CC2C(C[N-]Cc3cccc(OC(F)(F)F)c3)C2C1. The quantitative estimate of drug-likeness (QED) is 0.468. The molecule has 158 valence electrons. The Labute approximate surface area is 166 Å². The van der Waals surface area contributed by atoms with Crippen molar-refractivity contribution in [3.8, 4) is 5.75 Å². The minimum atomic E-state index is -4.65. The second-order valence-electron chi connectivity index (χ2n) is 8.39. The number of rotatable bonds is 11. The lowest BCUT2D eigenvalue weighted by molar-refractivity contribution is -0.274. The highest BCUT2D eigenvalue weighted by molar-refractivity contribution is 5.30. The van der Waals surface area contributed by atoms with Gasteiger partial charge in [0.05, 0.1) is 0 Å². The Morgan fingerprint density at radius 2 is 1.96 bits per heavy atom. The number of ether oxygens (including phenoxy) is 1. The van der Waals surface area contributed by atoms with E-state index in [-0.39, 0.29) is 5.75 Å². The molecule has 6 heteroatoms. The van der Waals surface area contributed by atoms with Crippen LogP contribution in [0.5, 0.6) is 5.75 Å². The van der Waals surface area contributed by atoms with Crippen molar-refractivity contribution in [1.29, 1.82) is 0 Å². The fourth-order valence-electron chi connectivity index (χ4n) is 4.62. The van der Waals surface area contributed by atoms with Crippen LogP contribution in [0.1, 0.15) is 45.1 Å². The number of hydrogen-bond acceptors (Lipinski definition) is 2. The molecule has 1 aromatic carbocycles. The number of unbranched alkanes of at least 4 members (excludes halogenated alkanes) is 1. The van der Waals surface area contributed by atoms with E-state index in [9.17, 15) is 13.2 Å². The monoisotopic (exact) mass is 397 g/mol. The number of piperidine rings is 1. The van der Waals surface area contributed by atoms with Gasteiger partial charge >= 0.3 is 6.36 Å². The summed E-state index contributed by atoms with van der Waals surface area (Å²) in [5, 5.41) is 4.61. The number of halogens is 3. The molecule has 3 unspecified atom stereocenters. The van der Waals surface area contributed by atoms with Crippen molar-refractivity contribution in [2.75, 3.05) is 26.2 Å². The zero-order valence-corrected chi connectivity index (χ0v) is 16.9. The van der Waals surface area contributed by atoms with Crippen molar-refractivity contribution >= 4 is 0 Å². The van der Waals surface area contributed by atoms with E-state index in [0.29, 0.717) is 12.5 Å². The third-order valence-corrected chi connectivity index (χ3v) is 6.27. The van der Waals surface area contributed by atoms with Crippen molar-refractivity contribution in [3.63, 3.8) is 0 Å². The predicted molar refractivity (Wildman–Crippen MR) is 105 cm³/mol. The predicted octanol–water partition coefficient (Wildman–Crippen LogP) is 5.85.